The van der Waals surface area contributed by atoms with Gasteiger partial charge in [-0.15, -0.1) is 0 Å². The Morgan fingerprint density at radius 1 is 1.03 bits per heavy atom. The number of aliphatic hydroxyl groups is 4. The van der Waals surface area contributed by atoms with Crippen LogP contribution >= 0.6 is 0 Å². The van der Waals surface area contributed by atoms with Gasteiger partial charge in [-0.05, 0) is 75.5 Å². The van der Waals surface area contributed by atoms with Crippen molar-refractivity contribution >= 4 is 5.78 Å². The van der Waals surface area contributed by atoms with E-state index < -0.39 is 40.2 Å². The molecule has 0 amide bonds. The molecule has 4 aliphatic rings. The minimum Gasteiger partial charge on any atom is -0.393 e. The second kappa shape index (κ2) is 7.99. The maximum atomic E-state index is 14.2. The van der Waals surface area contributed by atoms with Crippen LogP contribution in [0.1, 0.15) is 93.9 Å². The Hall–Kier alpha value is -1.01. The average molecular weight is 489 g/mol. The largest absolute Gasteiger partial charge is 0.393 e. The summed E-state index contributed by atoms with van der Waals surface area (Å²) in [5.41, 5.74) is -2.69. The summed E-state index contributed by atoms with van der Waals surface area (Å²) in [6.07, 6.45) is 8.16. The molecule has 0 aromatic rings. The highest BCUT2D eigenvalue weighted by Gasteiger charge is 2.73. The molecule has 3 fully saturated rings. The SMILES string of the molecule is CC(C)(O)/C=C/C[C@](C)(O)[C@H]1[C@H](O)C[C@@]2(C)[C@@H]3CC=C4[C@@H](CC[C@H](O)C4(C)C)[C@]3(C)C(=O)C[C@]12C. The number of ketones is 1. The second-order valence-electron chi connectivity index (χ2n) is 14.4. The summed E-state index contributed by atoms with van der Waals surface area (Å²) in [4.78, 5) is 14.2. The molecule has 5 nitrogen and oxygen atoms in total. The molecule has 4 N–H and O–H groups in total. The summed E-state index contributed by atoms with van der Waals surface area (Å²) in [6.45, 7) is 15.9. The van der Waals surface area contributed by atoms with Crippen LogP contribution in [0, 0.1) is 39.4 Å². The van der Waals surface area contributed by atoms with Gasteiger partial charge in [0.25, 0.3) is 0 Å². The Morgan fingerprint density at radius 2 is 1.66 bits per heavy atom. The Bertz CT molecular complexity index is 939. The molecule has 0 spiro atoms. The van der Waals surface area contributed by atoms with Gasteiger partial charge in [0.1, 0.15) is 5.78 Å². The highest BCUT2D eigenvalue weighted by Crippen LogP contribution is 2.74. The van der Waals surface area contributed by atoms with Gasteiger partial charge in [-0.25, -0.2) is 0 Å². The third-order valence-corrected chi connectivity index (χ3v) is 11.3. The second-order valence-corrected chi connectivity index (χ2v) is 14.4. The zero-order valence-electron chi connectivity index (χ0n) is 23.1. The summed E-state index contributed by atoms with van der Waals surface area (Å²) in [5, 5.41) is 44.0. The first kappa shape index (κ1) is 27.0. The molecule has 9 atom stereocenters. The Labute approximate surface area is 211 Å². The number of allylic oxidation sites excluding steroid dienone is 1. The number of aliphatic hydroxyl groups excluding tert-OH is 2. The first-order valence-corrected chi connectivity index (χ1v) is 13.5. The van der Waals surface area contributed by atoms with E-state index in [0.717, 1.165) is 12.8 Å². The third-order valence-electron chi connectivity index (χ3n) is 11.3. The van der Waals surface area contributed by atoms with Crippen molar-refractivity contribution < 1.29 is 25.2 Å². The van der Waals surface area contributed by atoms with E-state index in [1.54, 1.807) is 32.9 Å². The number of carbonyl (C=O) groups is 1. The molecular formula is C30H48O5. The van der Waals surface area contributed by atoms with Crippen LogP contribution in [0.3, 0.4) is 0 Å². The molecule has 0 aliphatic heterocycles. The topological polar surface area (TPSA) is 98.0 Å². The van der Waals surface area contributed by atoms with Gasteiger partial charge in [0.2, 0.25) is 0 Å². The molecule has 0 aromatic carbocycles. The van der Waals surface area contributed by atoms with Crippen LogP contribution in [0.25, 0.3) is 0 Å². The summed E-state index contributed by atoms with van der Waals surface area (Å²) in [5.74, 6) is -0.0227. The smallest absolute Gasteiger partial charge is 0.140 e. The minimum atomic E-state index is -1.21. The normalized spacial score (nSPS) is 47.0. The van der Waals surface area contributed by atoms with Gasteiger partial charge in [0.15, 0.2) is 0 Å². The van der Waals surface area contributed by atoms with Gasteiger partial charge in [0.05, 0.1) is 23.4 Å². The molecule has 0 heterocycles. The first-order valence-electron chi connectivity index (χ1n) is 13.5. The average Bonchev–Trinajstić information content (AvgIpc) is 2.89. The number of hydrogen-bond donors (Lipinski definition) is 4. The molecule has 4 rings (SSSR count). The van der Waals surface area contributed by atoms with Crippen molar-refractivity contribution in [2.75, 3.05) is 0 Å². The van der Waals surface area contributed by atoms with Gasteiger partial charge in [-0.1, -0.05) is 58.4 Å². The molecule has 0 unspecified atom stereocenters. The van der Waals surface area contributed by atoms with E-state index in [2.05, 4.69) is 40.7 Å². The van der Waals surface area contributed by atoms with Crippen LogP contribution in [-0.4, -0.2) is 49.6 Å². The van der Waals surface area contributed by atoms with E-state index in [1.165, 1.54) is 5.57 Å². The van der Waals surface area contributed by atoms with Crippen molar-refractivity contribution in [2.45, 2.75) is 117 Å². The standard InChI is InChI=1S/C30H48O5/c1-25(2,34)14-9-15-29(7,35)24-20(31)16-27(5)21-12-10-18-19(11-13-22(32)26(18,3)4)30(21,8)23(33)17-28(24,27)6/h9-10,14,19-22,24,31-32,34-35H,11-13,15-17H2,1-8H3/b14-9+/t19-,20-,21+,22+,24+,27+,28-,29+,30+/m1/s1. The predicted octanol–water partition coefficient (Wildman–Crippen LogP) is 4.57. The van der Waals surface area contributed by atoms with Crippen molar-refractivity contribution in [3.63, 3.8) is 0 Å². The fraction of sp³-hybridized carbons (Fsp3) is 0.833. The minimum absolute atomic E-state index is 0.0726. The highest BCUT2D eigenvalue weighted by molar-refractivity contribution is 5.88. The molecule has 0 saturated heterocycles. The maximum absolute atomic E-state index is 14.2. The van der Waals surface area contributed by atoms with Crippen molar-refractivity contribution in [1.82, 2.24) is 0 Å². The Balaban J connectivity index is 1.75. The Morgan fingerprint density at radius 3 is 2.26 bits per heavy atom. The molecule has 5 heteroatoms. The van der Waals surface area contributed by atoms with Gasteiger partial charge in [0, 0.05) is 23.2 Å². The maximum Gasteiger partial charge on any atom is 0.140 e. The van der Waals surface area contributed by atoms with Crippen LogP contribution in [0.2, 0.25) is 0 Å². The van der Waals surface area contributed by atoms with E-state index in [4.69, 9.17) is 0 Å². The monoisotopic (exact) mass is 488 g/mol. The van der Waals surface area contributed by atoms with Gasteiger partial charge < -0.3 is 20.4 Å². The molecule has 35 heavy (non-hydrogen) atoms. The number of fused-ring (bicyclic) bond motifs is 5. The number of rotatable bonds is 4. The lowest BCUT2D eigenvalue weighted by molar-refractivity contribution is -0.180. The molecule has 3 saturated carbocycles. The molecule has 0 bridgehead atoms. The van der Waals surface area contributed by atoms with Crippen molar-refractivity contribution in [2.24, 2.45) is 39.4 Å². The van der Waals surface area contributed by atoms with Crippen LogP contribution in [-0.2, 0) is 4.79 Å². The van der Waals surface area contributed by atoms with E-state index in [1.807, 2.05) is 0 Å². The number of Topliss-reactive ketones (excluding diaryl/α,β-unsaturated/α-hetero) is 1. The van der Waals surface area contributed by atoms with Gasteiger partial charge >= 0.3 is 0 Å². The van der Waals surface area contributed by atoms with E-state index in [0.29, 0.717) is 25.7 Å². The fourth-order valence-electron chi connectivity index (χ4n) is 9.31. The van der Waals surface area contributed by atoms with Crippen LogP contribution in [0.15, 0.2) is 23.8 Å². The van der Waals surface area contributed by atoms with E-state index >= 15 is 0 Å². The van der Waals surface area contributed by atoms with Crippen molar-refractivity contribution in [3.05, 3.63) is 23.8 Å². The van der Waals surface area contributed by atoms with E-state index in [-0.39, 0.29) is 28.4 Å². The Kier molecular flexibility index (Phi) is 6.17. The quantitative estimate of drug-likeness (QED) is 0.435. The van der Waals surface area contributed by atoms with Gasteiger partial charge in [-0.2, -0.15) is 0 Å². The molecule has 0 radical (unpaired) electrons. The summed E-state index contributed by atoms with van der Waals surface area (Å²) in [6, 6.07) is 0. The predicted molar refractivity (Wildman–Crippen MR) is 137 cm³/mol. The van der Waals surface area contributed by atoms with Crippen LogP contribution < -0.4 is 0 Å². The van der Waals surface area contributed by atoms with E-state index in [9.17, 15) is 25.2 Å². The molecule has 0 aromatic heterocycles. The van der Waals surface area contributed by atoms with Crippen LogP contribution in [0.5, 0.6) is 0 Å². The summed E-state index contributed by atoms with van der Waals surface area (Å²) in [7, 11) is 0. The number of carbonyl (C=O) groups excluding carboxylic acids is 1. The van der Waals surface area contributed by atoms with Crippen molar-refractivity contribution in [1.29, 1.82) is 0 Å². The lowest BCUT2D eigenvalue weighted by Crippen LogP contribution is -2.64. The molecular weight excluding hydrogens is 440 g/mol. The molecule has 4 aliphatic carbocycles. The molecule has 198 valence electrons. The number of hydrogen-bond acceptors (Lipinski definition) is 5. The first-order chi connectivity index (χ1) is 15.8. The highest BCUT2D eigenvalue weighted by atomic mass is 16.3. The summed E-state index contributed by atoms with van der Waals surface area (Å²) >= 11 is 0. The lowest BCUT2D eigenvalue weighted by Gasteiger charge is -2.64. The fourth-order valence-corrected chi connectivity index (χ4v) is 9.31. The summed E-state index contributed by atoms with van der Waals surface area (Å²) < 4.78 is 0. The zero-order chi connectivity index (χ0) is 26.4. The zero-order valence-corrected chi connectivity index (χ0v) is 23.1. The van der Waals surface area contributed by atoms with Crippen LogP contribution in [0.4, 0.5) is 0 Å². The van der Waals surface area contributed by atoms with Crippen molar-refractivity contribution in [3.8, 4) is 0 Å². The lowest BCUT2D eigenvalue weighted by atomic mass is 9.38. The third kappa shape index (κ3) is 3.74. The van der Waals surface area contributed by atoms with Gasteiger partial charge in [-0.3, -0.25) is 4.79 Å².